The van der Waals surface area contributed by atoms with E-state index in [1.54, 1.807) is 0 Å². The highest BCUT2D eigenvalue weighted by Gasteiger charge is 2.40. The highest BCUT2D eigenvalue weighted by Crippen LogP contribution is 2.53. The van der Waals surface area contributed by atoms with Crippen LogP contribution in [-0.2, 0) is 5.41 Å². The van der Waals surface area contributed by atoms with E-state index in [0.717, 1.165) is 12.8 Å². The monoisotopic (exact) mass is 660 g/mol. The first kappa shape index (κ1) is 31.7. The molecule has 2 atom stereocenters. The predicted octanol–water partition coefficient (Wildman–Crippen LogP) is 11.7. The Kier molecular flexibility index (Phi) is 7.76. The van der Waals surface area contributed by atoms with Crippen molar-refractivity contribution in [2.75, 3.05) is 14.1 Å². The van der Waals surface area contributed by atoms with Gasteiger partial charge in [0.2, 0.25) is 0 Å². The molecule has 0 saturated carbocycles. The lowest BCUT2D eigenvalue weighted by Crippen LogP contribution is -2.23. The minimum absolute atomic E-state index is 0.00272. The van der Waals surface area contributed by atoms with Crippen molar-refractivity contribution in [3.8, 4) is 33.4 Å². The Balaban J connectivity index is 1.01. The van der Waals surface area contributed by atoms with Gasteiger partial charge in [-0.1, -0.05) is 147 Å². The van der Waals surface area contributed by atoms with Crippen molar-refractivity contribution >= 4 is 24.3 Å². The lowest BCUT2D eigenvalue weighted by molar-refractivity contribution is 0.490. The van der Waals surface area contributed by atoms with Crippen LogP contribution in [0, 0.1) is 0 Å². The first-order chi connectivity index (χ1) is 25.1. The van der Waals surface area contributed by atoms with E-state index >= 15 is 0 Å². The Labute approximate surface area is 302 Å². The van der Waals surface area contributed by atoms with Crippen LogP contribution in [0.1, 0.15) is 94.4 Å². The van der Waals surface area contributed by atoms with Crippen LogP contribution in [0.3, 0.4) is 0 Å². The van der Waals surface area contributed by atoms with Crippen LogP contribution < -0.4 is 10.6 Å². The summed E-state index contributed by atoms with van der Waals surface area (Å²) in [6, 6.07) is 46.1. The van der Waals surface area contributed by atoms with Gasteiger partial charge in [-0.15, -0.1) is 0 Å². The fourth-order valence-corrected chi connectivity index (χ4v) is 9.40. The molecule has 0 bridgehead atoms. The third kappa shape index (κ3) is 4.93. The van der Waals surface area contributed by atoms with Crippen molar-refractivity contribution < 1.29 is 0 Å². The Morgan fingerprint density at radius 1 is 0.431 bits per heavy atom. The van der Waals surface area contributed by atoms with Gasteiger partial charge in [0.25, 0.3) is 0 Å². The quantitative estimate of drug-likeness (QED) is 0.159. The smallest absolute Gasteiger partial charge is 0.0586 e. The second-order valence-electron chi connectivity index (χ2n) is 14.4. The second-order valence-corrected chi connectivity index (χ2v) is 14.4. The number of benzene rings is 6. The second kappa shape index (κ2) is 12.5. The van der Waals surface area contributed by atoms with E-state index in [1.165, 1.54) is 89.0 Å². The van der Waals surface area contributed by atoms with Gasteiger partial charge in [-0.25, -0.2) is 0 Å². The zero-order valence-electron chi connectivity index (χ0n) is 29.9. The average molecular weight is 661 g/mol. The first-order valence-corrected chi connectivity index (χ1v) is 18.5. The molecule has 3 aliphatic carbocycles. The topological polar surface area (TPSA) is 24.1 Å². The molecule has 2 N–H and O–H groups in total. The van der Waals surface area contributed by atoms with Crippen LogP contribution >= 0.6 is 0 Å². The van der Waals surface area contributed by atoms with Gasteiger partial charge in [0, 0.05) is 5.41 Å². The lowest BCUT2D eigenvalue weighted by atomic mass is 9.73. The minimum atomic E-state index is -0.00272. The maximum Gasteiger partial charge on any atom is 0.0586 e. The molecule has 250 valence electrons. The molecule has 0 amide bonds. The van der Waals surface area contributed by atoms with Gasteiger partial charge in [-0.3, -0.25) is 0 Å². The highest BCUT2D eigenvalue weighted by atomic mass is 14.9. The van der Waals surface area contributed by atoms with E-state index in [9.17, 15) is 0 Å². The van der Waals surface area contributed by atoms with Crippen molar-refractivity contribution in [1.29, 1.82) is 0 Å². The fourth-order valence-electron chi connectivity index (χ4n) is 9.40. The number of hydrogen-bond donors (Lipinski definition) is 2. The van der Waals surface area contributed by atoms with Gasteiger partial charge in [0.15, 0.2) is 0 Å². The van der Waals surface area contributed by atoms with Crippen molar-refractivity contribution in [3.05, 3.63) is 177 Å². The number of hydrogen-bond acceptors (Lipinski definition) is 2. The van der Waals surface area contributed by atoms with Gasteiger partial charge in [0.05, 0.1) is 12.1 Å². The van der Waals surface area contributed by atoms with Gasteiger partial charge in [0.1, 0.15) is 0 Å². The van der Waals surface area contributed by atoms with Crippen molar-refractivity contribution in [2.24, 2.45) is 0 Å². The standard InChI is InChI=1S/C49H44N2/c1-5-49(6-2)45-29-33(17-15-31-21-25-41-43(27-31)35-11-7-9-13-39(35)47(41)50-3)19-23-37(45)38-24-20-34(30-46(38)49)18-16-32-22-26-42-44(28-32)36-12-8-10-14-40(36)48(42)51-4/h7-30,47-48,50-51H,5-6H2,1-4H3/b17-15+,18-16+. The molecule has 0 aliphatic heterocycles. The molecule has 0 aromatic heterocycles. The molecule has 3 aliphatic rings. The Bertz CT molecular complexity index is 2220. The van der Waals surface area contributed by atoms with Crippen molar-refractivity contribution in [3.63, 3.8) is 0 Å². The van der Waals surface area contributed by atoms with E-state index in [2.05, 4.69) is 184 Å². The number of nitrogens with one attached hydrogen (secondary N) is 2. The maximum absolute atomic E-state index is 3.51. The molecule has 6 aromatic rings. The van der Waals surface area contributed by atoms with Gasteiger partial charge >= 0.3 is 0 Å². The summed E-state index contributed by atoms with van der Waals surface area (Å²) in [5.41, 5.74) is 21.4. The van der Waals surface area contributed by atoms with E-state index in [4.69, 9.17) is 0 Å². The molecule has 51 heavy (non-hydrogen) atoms. The Morgan fingerprint density at radius 3 is 1.22 bits per heavy atom. The number of fused-ring (bicyclic) bond motifs is 9. The average Bonchev–Trinajstić information content (AvgIpc) is 3.78. The summed E-state index contributed by atoms with van der Waals surface area (Å²) in [5.74, 6) is 0. The van der Waals surface area contributed by atoms with Crippen molar-refractivity contribution in [1.82, 2.24) is 10.6 Å². The molecule has 2 nitrogen and oxygen atoms in total. The zero-order chi connectivity index (χ0) is 34.7. The predicted molar refractivity (Wildman–Crippen MR) is 217 cm³/mol. The van der Waals surface area contributed by atoms with Crippen LogP contribution in [0.2, 0.25) is 0 Å². The van der Waals surface area contributed by atoms with E-state index in [0.29, 0.717) is 0 Å². The molecular formula is C49H44N2. The van der Waals surface area contributed by atoms with Gasteiger partial charge < -0.3 is 10.6 Å². The van der Waals surface area contributed by atoms with E-state index in [1.807, 2.05) is 0 Å². The SMILES string of the molecule is CCC1(CC)c2cc(/C=C/c3ccc4c(c3)-c3ccccc3C4NC)ccc2-c2ccc(/C=C/c3ccc4c(c3)-c3ccccc3C4NC)cc21. The molecule has 6 aromatic carbocycles. The summed E-state index contributed by atoms with van der Waals surface area (Å²) < 4.78 is 0. The third-order valence-electron chi connectivity index (χ3n) is 12.0. The molecule has 0 saturated heterocycles. The molecule has 0 spiro atoms. The van der Waals surface area contributed by atoms with Crippen LogP contribution in [0.15, 0.2) is 121 Å². The molecule has 2 unspecified atom stereocenters. The summed E-state index contributed by atoms with van der Waals surface area (Å²) in [5, 5.41) is 7.02. The summed E-state index contributed by atoms with van der Waals surface area (Å²) in [4.78, 5) is 0. The zero-order valence-corrected chi connectivity index (χ0v) is 29.9. The van der Waals surface area contributed by atoms with Crippen LogP contribution in [0.4, 0.5) is 0 Å². The summed E-state index contributed by atoms with van der Waals surface area (Å²) in [6.07, 6.45) is 11.3. The minimum Gasteiger partial charge on any atom is -0.309 e. The molecule has 0 fully saturated rings. The van der Waals surface area contributed by atoms with Crippen LogP contribution in [0.25, 0.3) is 57.7 Å². The fraction of sp³-hybridized carbons (Fsp3) is 0.184. The molecule has 0 heterocycles. The summed E-state index contributed by atoms with van der Waals surface area (Å²) in [7, 11) is 4.10. The van der Waals surface area contributed by atoms with Gasteiger partial charge in [-0.2, -0.15) is 0 Å². The van der Waals surface area contributed by atoms with Crippen LogP contribution in [-0.4, -0.2) is 14.1 Å². The highest BCUT2D eigenvalue weighted by molar-refractivity contribution is 5.87. The van der Waals surface area contributed by atoms with Crippen molar-refractivity contribution in [2.45, 2.75) is 44.2 Å². The molecule has 2 heteroatoms. The largest absolute Gasteiger partial charge is 0.309 e. The Morgan fingerprint density at radius 2 is 0.804 bits per heavy atom. The number of rotatable bonds is 8. The van der Waals surface area contributed by atoms with E-state index in [-0.39, 0.29) is 17.5 Å². The first-order valence-electron chi connectivity index (χ1n) is 18.5. The third-order valence-corrected chi connectivity index (χ3v) is 12.0. The Hall–Kier alpha value is -5.28. The molecule has 0 radical (unpaired) electrons. The molecule has 9 rings (SSSR count). The lowest BCUT2D eigenvalue weighted by Gasteiger charge is -2.30. The normalized spacial score (nSPS) is 17.3. The summed E-state index contributed by atoms with van der Waals surface area (Å²) in [6.45, 7) is 4.71. The summed E-state index contributed by atoms with van der Waals surface area (Å²) >= 11 is 0. The van der Waals surface area contributed by atoms with Gasteiger partial charge in [-0.05, 0) is 128 Å². The van der Waals surface area contributed by atoms with Crippen LogP contribution in [0.5, 0.6) is 0 Å². The van der Waals surface area contributed by atoms with E-state index < -0.39 is 0 Å². The molecular weight excluding hydrogens is 617 g/mol. The maximum atomic E-state index is 3.51.